The Labute approximate surface area is 167 Å². The van der Waals surface area contributed by atoms with E-state index in [0.29, 0.717) is 37.7 Å². The lowest BCUT2D eigenvalue weighted by Gasteiger charge is -2.25. The molecule has 146 valence electrons. The van der Waals surface area contributed by atoms with Crippen LogP contribution in [0.5, 0.6) is 0 Å². The Hall–Kier alpha value is -2.58. The number of hydrogen-bond acceptors (Lipinski definition) is 7. The topological polar surface area (TPSA) is 81.4 Å². The fraction of sp³-hybridized carbons (Fsp3) is 0.400. The fourth-order valence-corrected chi connectivity index (χ4v) is 3.86. The summed E-state index contributed by atoms with van der Waals surface area (Å²) in [5.41, 5.74) is 1.91. The molecule has 0 aliphatic carbocycles. The third-order valence-corrected chi connectivity index (χ3v) is 5.37. The molecule has 0 unspecified atom stereocenters. The summed E-state index contributed by atoms with van der Waals surface area (Å²) in [5.74, 6) is 1.03. The number of aromatic nitrogens is 3. The Morgan fingerprint density at radius 1 is 1.32 bits per heavy atom. The molecule has 0 saturated carbocycles. The largest absolute Gasteiger partial charge is 0.421 e. The quantitative estimate of drug-likeness (QED) is 0.579. The van der Waals surface area contributed by atoms with Gasteiger partial charge in [-0.15, -0.1) is 10.2 Å². The molecule has 4 rings (SSSR count). The fourth-order valence-electron chi connectivity index (χ4n) is 3.23. The van der Waals surface area contributed by atoms with Crippen molar-refractivity contribution in [3.8, 4) is 11.5 Å². The van der Waals surface area contributed by atoms with Gasteiger partial charge in [0.2, 0.25) is 17.7 Å². The molecule has 3 aromatic heterocycles. The molecule has 1 fully saturated rings. The van der Waals surface area contributed by atoms with Crippen LogP contribution in [0.1, 0.15) is 30.7 Å². The maximum atomic E-state index is 12.9. The van der Waals surface area contributed by atoms with Crippen LogP contribution in [0.2, 0.25) is 0 Å². The molecule has 1 saturated heterocycles. The van der Waals surface area contributed by atoms with Crippen molar-refractivity contribution in [2.75, 3.05) is 13.2 Å². The van der Waals surface area contributed by atoms with Crippen molar-refractivity contribution in [3.05, 3.63) is 52.8 Å². The first kappa shape index (κ1) is 18.8. The predicted molar refractivity (Wildman–Crippen MR) is 105 cm³/mol. The first-order chi connectivity index (χ1) is 13.8. The number of thiophene rings is 1. The monoisotopic (exact) mass is 398 g/mol. The standard InChI is InChI=1S/C20H22N4O3S/c25-19(6-5-18-22-23-20(27-18)16-7-10-28-14-16)24(13-17-4-2-9-26-17)12-15-3-1-8-21-11-15/h1,3,7-8,10-11,14,17H,2,4-6,9,12-13H2/t17-/m0/s1. The van der Waals surface area contributed by atoms with E-state index >= 15 is 0 Å². The van der Waals surface area contributed by atoms with E-state index in [1.165, 1.54) is 0 Å². The number of aryl methyl sites for hydroxylation is 1. The second-order valence-electron chi connectivity index (χ2n) is 6.78. The van der Waals surface area contributed by atoms with Crippen LogP contribution in [-0.2, 0) is 22.5 Å². The normalized spacial score (nSPS) is 16.4. The lowest BCUT2D eigenvalue weighted by molar-refractivity contribution is -0.133. The van der Waals surface area contributed by atoms with E-state index in [0.717, 1.165) is 30.6 Å². The zero-order valence-electron chi connectivity index (χ0n) is 15.5. The number of amides is 1. The van der Waals surface area contributed by atoms with Crippen LogP contribution in [0, 0.1) is 0 Å². The molecular weight excluding hydrogens is 376 g/mol. The van der Waals surface area contributed by atoms with E-state index in [1.54, 1.807) is 23.7 Å². The lowest BCUT2D eigenvalue weighted by Crippen LogP contribution is -2.37. The van der Waals surface area contributed by atoms with Gasteiger partial charge in [-0.3, -0.25) is 9.78 Å². The minimum Gasteiger partial charge on any atom is -0.421 e. The summed E-state index contributed by atoms with van der Waals surface area (Å²) in [7, 11) is 0. The Morgan fingerprint density at radius 2 is 2.29 bits per heavy atom. The van der Waals surface area contributed by atoms with Gasteiger partial charge in [-0.05, 0) is 35.9 Å². The minimum absolute atomic E-state index is 0.0506. The Morgan fingerprint density at radius 3 is 3.04 bits per heavy atom. The number of carbonyl (C=O) groups is 1. The van der Waals surface area contributed by atoms with Crippen LogP contribution in [0.25, 0.3) is 11.5 Å². The molecule has 4 heterocycles. The third kappa shape index (κ3) is 4.82. The summed E-state index contributed by atoms with van der Waals surface area (Å²) in [5, 5.41) is 12.1. The molecule has 1 aliphatic rings. The van der Waals surface area contributed by atoms with E-state index < -0.39 is 0 Å². The Balaban J connectivity index is 1.38. The smallest absolute Gasteiger partial charge is 0.248 e. The maximum Gasteiger partial charge on any atom is 0.248 e. The Bertz CT molecular complexity index is 876. The molecule has 0 aromatic carbocycles. The van der Waals surface area contributed by atoms with E-state index in [2.05, 4.69) is 15.2 Å². The summed E-state index contributed by atoms with van der Waals surface area (Å²) < 4.78 is 11.4. The number of carbonyl (C=O) groups excluding carboxylic acids is 1. The second kappa shape index (κ2) is 9.07. The van der Waals surface area contributed by atoms with Gasteiger partial charge >= 0.3 is 0 Å². The summed E-state index contributed by atoms with van der Waals surface area (Å²) in [6.07, 6.45) is 6.41. The highest BCUT2D eigenvalue weighted by Crippen LogP contribution is 2.21. The molecule has 1 aliphatic heterocycles. The number of nitrogens with zero attached hydrogens (tertiary/aromatic N) is 4. The predicted octanol–water partition coefficient (Wildman–Crippen LogP) is 3.33. The van der Waals surface area contributed by atoms with E-state index in [1.807, 2.05) is 33.9 Å². The van der Waals surface area contributed by atoms with Crippen molar-refractivity contribution < 1.29 is 13.9 Å². The van der Waals surface area contributed by atoms with Crippen LogP contribution in [0.15, 0.2) is 45.8 Å². The van der Waals surface area contributed by atoms with Crippen molar-refractivity contribution >= 4 is 17.2 Å². The first-order valence-electron chi connectivity index (χ1n) is 9.41. The van der Waals surface area contributed by atoms with Crippen LogP contribution in [0.4, 0.5) is 0 Å². The number of pyridine rings is 1. The molecule has 0 radical (unpaired) electrons. The summed E-state index contributed by atoms with van der Waals surface area (Å²) in [6, 6.07) is 5.80. The molecule has 0 N–H and O–H groups in total. The van der Waals surface area contributed by atoms with Gasteiger partial charge in [0.05, 0.1) is 6.10 Å². The molecule has 8 heteroatoms. The molecule has 1 amide bonds. The average molecular weight is 398 g/mol. The average Bonchev–Trinajstić information content (AvgIpc) is 3.48. The van der Waals surface area contributed by atoms with Gasteiger partial charge in [0.1, 0.15) is 0 Å². The summed E-state index contributed by atoms with van der Waals surface area (Å²) >= 11 is 1.58. The van der Waals surface area contributed by atoms with E-state index in [9.17, 15) is 4.79 Å². The second-order valence-corrected chi connectivity index (χ2v) is 7.56. The summed E-state index contributed by atoms with van der Waals surface area (Å²) in [4.78, 5) is 18.9. The lowest BCUT2D eigenvalue weighted by atomic mass is 10.2. The van der Waals surface area contributed by atoms with Gasteiger partial charge < -0.3 is 14.1 Å². The van der Waals surface area contributed by atoms with Gasteiger partial charge in [-0.25, -0.2) is 0 Å². The van der Waals surface area contributed by atoms with Gasteiger partial charge in [-0.2, -0.15) is 11.3 Å². The molecule has 7 nitrogen and oxygen atoms in total. The van der Waals surface area contributed by atoms with Crippen LogP contribution < -0.4 is 0 Å². The van der Waals surface area contributed by atoms with Crippen LogP contribution in [-0.4, -0.2) is 45.2 Å². The first-order valence-corrected chi connectivity index (χ1v) is 10.4. The van der Waals surface area contributed by atoms with Crippen molar-refractivity contribution in [1.82, 2.24) is 20.1 Å². The van der Waals surface area contributed by atoms with Gasteiger partial charge in [0.15, 0.2) is 0 Å². The highest BCUT2D eigenvalue weighted by molar-refractivity contribution is 7.08. The highest BCUT2D eigenvalue weighted by atomic mass is 32.1. The third-order valence-electron chi connectivity index (χ3n) is 4.68. The van der Waals surface area contributed by atoms with Crippen molar-refractivity contribution in [3.63, 3.8) is 0 Å². The highest BCUT2D eigenvalue weighted by Gasteiger charge is 2.23. The van der Waals surface area contributed by atoms with Crippen LogP contribution in [0.3, 0.4) is 0 Å². The minimum atomic E-state index is 0.0506. The summed E-state index contributed by atoms with van der Waals surface area (Å²) in [6.45, 7) is 1.89. The SMILES string of the molecule is O=C(CCc1nnc(-c2ccsc2)o1)N(Cc1cccnc1)C[C@@H]1CCCO1. The molecule has 28 heavy (non-hydrogen) atoms. The maximum absolute atomic E-state index is 12.9. The van der Waals surface area contributed by atoms with Gasteiger partial charge in [-0.1, -0.05) is 6.07 Å². The Kier molecular flexibility index (Phi) is 6.08. The zero-order chi connectivity index (χ0) is 19.2. The van der Waals surface area contributed by atoms with Crippen LogP contribution >= 0.6 is 11.3 Å². The number of ether oxygens (including phenoxy) is 1. The van der Waals surface area contributed by atoms with E-state index in [4.69, 9.17) is 9.15 Å². The van der Waals surface area contributed by atoms with Gasteiger partial charge in [0.25, 0.3) is 0 Å². The van der Waals surface area contributed by atoms with E-state index in [-0.39, 0.29) is 12.0 Å². The molecule has 0 bridgehead atoms. The van der Waals surface area contributed by atoms with Crippen molar-refractivity contribution in [2.45, 2.75) is 38.3 Å². The molecular formula is C20H22N4O3S. The number of hydrogen-bond donors (Lipinski definition) is 0. The van der Waals surface area contributed by atoms with Crippen molar-refractivity contribution in [2.24, 2.45) is 0 Å². The van der Waals surface area contributed by atoms with Gasteiger partial charge in [0, 0.05) is 55.9 Å². The molecule has 3 aromatic rings. The number of rotatable bonds is 8. The zero-order valence-corrected chi connectivity index (χ0v) is 16.3. The molecule has 1 atom stereocenters. The van der Waals surface area contributed by atoms with Crippen molar-refractivity contribution in [1.29, 1.82) is 0 Å². The molecule has 0 spiro atoms.